The predicted octanol–water partition coefficient (Wildman–Crippen LogP) is 1.88. The molecule has 2 heterocycles. The third kappa shape index (κ3) is 2.83. The largest absolute Gasteiger partial charge is 0.495 e. The molecule has 8 heteroatoms. The minimum atomic E-state index is -3.66. The van der Waals surface area contributed by atoms with Gasteiger partial charge in [0.2, 0.25) is 10.0 Å². The number of methoxy groups -OCH3 is 1. The maximum Gasteiger partial charge on any atom is 0.246 e. The molecule has 0 N–H and O–H groups in total. The zero-order valence-electron chi connectivity index (χ0n) is 12.2. The lowest BCUT2D eigenvalue weighted by Crippen LogP contribution is -2.47. The van der Waals surface area contributed by atoms with E-state index in [0.29, 0.717) is 44.2 Å². The van der Waals surface area contributed by atoms with Crippen LogP contribution in [0.1, 0.15) is 12.8 Å². The highest BCUT2D eigenvalue weighted by Crippen LogP contribution is 2.35. The molecule has 0 radical (unpaired) electrons. The first kappa shape index (κ1) is 16.0. The Morgan fingerprint density at radius 3 is 2.45 bits per heavy atom. The SMILES string of the molecule is COc1ccc(Cl)cc1S(=O)(=O)N1CCC2(CC1)OCCO2. The van der Waals surface area contributed by atoms with Gasteiger partial charge in [0.15, 0.2) is 5.79 Å². The van der Waals surface area contributed by atoms with Crippen LogP contribution in [0.3, 0.4) is 0 Å². The molecule has 3 rings (SSSR count). The Hall–Kier alpha value is -0.860. The minimum absolute atomic E-state index is 0.0895. The second-order valence-electron chi connectivity index (χ2n) is 5.31. The highest BCUT2D eigenvalue weighted by molar-refractivity contribution is 7.89. The second-order valence-corrected chi connectivity index (χ2v) is 7.65. The molecular weight excluding hydrogens is 330 g/mol. The smallest absolute Gasteiger partial charge is 0.246 e. The summed E-state index contributed by atoms with van der Waals surface area (Å²) in [5.74, 6) is -0.317. The average Bonchev–Trinajstić information content (AvgIpc) is 2.96. The molecule has 6 nitrogen and oxygen atoms in total. The Bertz CT molecular complexity index is 647. The summed E-state index contributed by atoms with van der Waals surface area (Å²) in [4.78, 5) is 0.0895. The lowest BCUT2D eigenvalue weighted by atomic mass is 10.1. The van der Waals surface area contributed by atoms with Gasteiger partial charge in [0.05, 0.1) is 20.3 Å². The number of ether oxygens (including phenoxy) is 3. The zero-order chi connectivity index (χ0) is 15.8. The summed E-state index contributed by atoms with van der Waals surface area (Å²) in [5.41, 5.74) is 0. The van der Waals surface area contributed by atoms with Gasteiger partial charge in [-0.05, 0) is 18.2 Å². The standard InChI is InChI=1S/C14H18ClNO5S/c1-19-12-3-2-11(15)10-13(12)22(17,18)16-6-4-14(5-7-16)20-8-9-21-14/h2-3,10H,4-9H2,1H3. The van der Waals surface area contributed by atoms with Crippen molar-refractivity contribution in [3.8, 4) is 5.75 Å². The molecule has 2 aliphatic heterocycles. The van der Waals surface area contributed by atoms with Crippen LogP contribution in [-0.4, -0.2) is 51.9 Å². The van der Waals surface area contributed by atoms with E-state index in [1.165, 1.54) is 17.5 Å². The normalized spacial score (nSPS) is 22.1. The molecule has 122 valence electrons. The van der Waals surface area contributed by atoms with E-state index in [9.17, 15) is 8.42 Å². The maximum absolute atomic E-state index is 12.8. The molecule has 2 saturated heterocycles. The molecule has 1 aromatic carbocycles. The number of piperidine rings is 1. The zero-order valence-corrected chi connectivity index (χ0v) is 13.8. The monoisotopic (exact) mass is 347 g/mol. The van der Waals surface area contributed by atoms with Crippen LogP contribution in [0.5, 0.6) is 5.75 Å². The van der Waals surface area contributed by atoms with Gasteiger partial charge in [-0.25, -0.2) is 8.42 Å². The van der Waals surface area contributed by atoms with Crippen molar-refractivity contribution in [3.63, 3.8) is 0 Å². The number of halogens is 1. The van der Waals surface area contributed by atoms with Crippen molar-refractivity contribution in [1.82, 2.24) is 4.31 Å². The van der Waals surface area contributed by atoms with Crippen molar-refractivity contribution < 1.29 is 22.6 Å². The summed E-state index contributed by atoms with van der Waals surface area (Å²) in [6.07, 6.45) is 1.05. The number of benzene rings is 1. The topological polar surface area (TPSA) is 65.1 Å². The van der Waals surface area contributed by atoms with Crippen molar-refractivity contribution in [1.29, 1.82) is 0 Å². The molecule has 2 aliphatic rings. The van der Waals surface area contributed by atoms with Gasteiger partial charge < -0.3 is 14.2 Å². The Labute approximate surface area is 135 Å². The summed E-state index contributed by atoms with van der Waals surface area (Å²) < 4.78 is 43.5. The van der Waals surface area contributed by atoms with Crippen molar-refractivity contribution in [2.75, 3.05) is 33.4 Å². The first-order chi connectivity index (χ1) is 10.5. The van der Waals surface area contributed by atoms with Gasteiger partial charge in [-0.1, -0.05) is 11.6 Å². The van der Waals surface area contributed by atoms with E-state index < -0.39 is 15.8 Å². The van der Waals surface area contributed by atoms with Gasteiger partial charge in [-0.3, -0.25) is 0 Å². The first-order valence-corrected chi connectivity index (χ1v) is 8.90. The van der Waals surface area contributed by atoms with Crippen LogP contribution >= 0.6 is 11.6 Å². The van der Waals surface area contributed by atoms with E-state index in [1.807, 2.05) is 0 Å². The maximum atomic E-state index is 12.8. The Kier molecular flexibility index (Phi) is 4.35. The first-order valence-electron chi connectivity index (χ1n) is 7.08. The number of hydrogen-bond donors (Lipinski definition) is 0. The number of sulfonamides is 1. The van der Waals surface area contributed by atoms with E-state index in [-0.39, 0.29) is 10.6 Å². The molecular formula is C14H18ClNO5S. The molecule has 0 aromatic heterocycles. The van der Waals surface area contributed by atoms with Gasteiger partial charge in [0, 0.05) is 31.0 Å². The lowest BCUT2D eigenvalue weighted by molar-refractivity contribution is -0.179. The fourth-order valence-corrected chi connectivity index (χ4v) is 4.70. The molecule has 0 saturated carbocycles. The Morgan fingerprint density at radius 2 is 1.86 bits per heavy atom. The Balaban J connectivity index is 1.84. The molecule has 1 aromatic rings. The molecule has 0 unspecified atom stereocenters. The quantitative estimate of drug-likeness (QED) is 0.835. The van der Waals surface area contributed by atoms with Crippen LogP contribution < -0.4 is 4.74 Å². The fraction of sp³-hybridized carbons (Fsp3) is 0.571. The molecule has 22 heavy (non-hydrogen) atoms. The molecule has 2 fully saturated rings. The van der Waals surface area contributed by atoms with Gasteiger partial charge in [-0.2, -0.15) is 4.31 Å². The van der Waals surface area contributed by atoms with Crippen molar-refractivity contribution in [3.05, 3.63) is 23.2 Å². The highest BCUT2D eigenvalue weighted by atomic mass is 35.5. The summed E-state index contributed by atoms with van der Waals surface area (Å²) in [6, 6.07) is 4.58. The average molecular weight is 348 g/mol. The number of hydrogen-bond acceptors (Lipinski definition) is 5. The minimum Gasteiger partial charge on any atom is -0.495 e. The summed E-state index contributed by atoms with van der Waals surface area (Å²) in [7, 11) is -2.22. The molecule has 1 spiro atoms. The second kappa shape index (κ2) is 5.98. The third-order valence-corrected chi connectivity index (χ3v) is 6.20. The summed E-state index contributed by atoms with van der Waals surface area (Å²) in [5, 5.41) is 0.357. The van der Waals surface area contributed by atoms with Crippen LogP contribution in [0, 0.1) is 0 Å². The lowest BCUT2D eigenvalue weighted by Gasteiger charge is -2.36. The fourth-order valence-electron chi connectivity index (χ4n) is 2.84. The molecule has 0 bridgehead atoms. The van der Waals surface area contributed by atoms with Crippen molar-refractivity contribution in [2.24, 2.45) is 0 Å². The predicted molar refractivity (Wildman–Crippen MR) is 80.6 cm³/mol. The highest BCUT2D eigenvalue weighted by Gasteiger charge is 2.43. The van der Waals surface area contributed by atoms with Crippen molar-refractivity contribution >= 4 is 21.6 Å². The van der Waals surface area contributed by atoms with Gasteiger partial charge in [0.1, 0.15) is 10.6 Å². The third-order valence-electron chi connectivity index (χ3n) is 4.04. The summed E-state index contributed by atoms with van der Waals surface area (Å²) in [6.45, 7) is 1.82. The molecule has 0 aliphatic carbocycles. The van der Waals surface area contributed by atoms with Crippen LogP contribution in [0.15, 0.2) is 23.1 Å². The van der Waals surface area contributed by atoms with E-state index in [1.54, 1.807) is 12.1 Å². The van der Waals surface area contributed by atoms with Crippen LogP contribution in [0.4, 0.5) is 0 Å². The van der Waals surface area contributed by atoms with Gasteiger partial charge in [0.25, 0.3) is 0 Å². The number of rotatable bonds is 3. The van der Waals surface area contributed by atoms with Gasteiger partial charge >= 0.3 is 0 Å². The van der Waals surface area contributed by atoms with Crippen LogP contribution in [0.2, 0.25) is 5.02 Å². The van der Waals surface area contributed by atoms with Crippen LogP contribution in [-0.2, 0) is 19.5 Å². The van der Waals surface area contributed by atoms with E-state index >= 15 is 0 Å². The molecule has 0 amide bonds. The number of nitrogens with zero attached hydrogens (tertiary/aromatic N) is 1. The Morgan fingerprint density at radius 1 is 1.23 bits per heavy atom. The summed E-state index contributed by atoms with van der Waals surface area (Å²) >= 11 is 5.94. The van der Waals surface area contributed by atoms with Crippen molar-refractivity contribution in [2.45, 2.75) is 23.5 Å². The van der Waals surface area contributed by atoms with E-state index in [2.05, 4.69) is 0 Å². The van der Waals surface area contributed by atoms with E-state index in [4.69, 9.17) is 25.8 Å². The van der Waals surface area contributed by atoms with Crippen LogP contribution in [0.25, 0.3) is 0 Å². The van der Waals surface area contributed by atoms with E-state index in [0.717, 1.165) is 0 Å². The van der Waals surface area contributed by atoms with Gasteiger partial charge in [-0.15, -0.1) is 0 Å². The molecule has 0 atom stereocenters.